The largest absolute Gasteiger partial charge is 0.485 e. The Bertz CT molecular complexity index is 587. The summed E-state index contributed by atoms with van der Waals surface area (Å²) in [6.45, 7) is -0.170. The Morgan fingerprint density at radius 1 is 0.947 bits per heavy atom. The van der Waals surface area contributed by atoms with Crippen molar-refractivity contribution in [1.29, 1.82) is 0 Å². The van der Waals surface area contributed by atoms with Crippen molar-refractivity contribution in [3.8, 4) is 5.75 Å². The summed E-state index contributed by atoms with van der Waals surface area (Å²) in [5, 5.41) is 0. The summed E-state index contributed by atoms with van der Waals surface area (Å²) < 4.78 is 45.2. The lowest BCUT2D eigenvalue weighted by Crippen LogP contribution is -2.06. The Kier molecular flexibility index (Phi) is 4.06. The molecule has 5 heteroatoms. The highest BCUT2D eigenvalue weighted by atomic mass is 19.1. The fourth-order valence-electron chi connectivity index (χ4n) is 1.68. The van der Waals surface area contributed by atoms with E-state index in [0.717, 1.165) is 18.2 Å². The zero-order valence-corrected chi connectivity index (χ0v) is 10.00. The van der Waals surface area contributed by atoms with Crippen molar-refractivity contribution < 1.29 is 17.9 Å². The third kappa shape index (κ3) is 3.06. The standard InChI is InChI=1S/C14H12F3NO/c15-11-4-5-12(16)10(6-11)8-19-14-9(7-18)2-1-3-13(14)17/h1-6H,7-8,18H2. The molecule has 2 N–H and O–H groups in total. The first kappa shape index (κ1) is 13.4. The first-order valence-corrected chi connectivity index (χ1v) is 5.66. The van der Waals surface area contributed by atoms with E-state index in [4.69, 9.17) is 10.5 Å². The van der Waals surface area contributed by atoms with Crippen LogP contribution in [0.5, 0.6) is 5.75 Å². The molecule has 0 bridgehead atoms. The van der Waals surface area contributed by atoms with Gasteiger partial charge in [0.2, 0.25) is 0 Å². The van der Waals surface area contributed by atoms with Gasteiger partial charge in [-0.15, -0.1) is 0 Å². The molecule has 0 amide bonds. The van der Waals surface area contributed by atoms with Crippen LogP contribution in [0.2, 0.25) is 0 Å². The number of benzene rings is 2. The zero-order valence-electron chi connectivity index (χ0n) is 10.00. The molecule has 0 aliphatic heterocycles. The lowest BCUT2D eigenvalue weighted by atomic mass is 10.2. The van der Waals surface area contributed by atoms with E-state index in [1.165, 1.54) is 12.1 Å². The average Bonchev–Trinajstić information content (AvgIpc) is 2.40. The fourth-order valence-corrected chi connectivity index (χ4v) is 1.68. The van der Waals surface area contributed by atoms with Crippen molar-refractivity contribution >= 4 is 0 Å². The molecule has 0 saturated carbocycles. The molecule has 19 heavy (non-hydrogen) atoms. The SMILES string of the molecule is NCc1cccc(F)c1OCc1cc(F)ccc1F. The van der Waals surface area contributed by atoms with Crippen molar-refractivity contribution in [2.75, 3.05) is 0 Å². The van der Waals surface area contributed by atoms with Gasteiger partial charge in [-0.2, -0.15) is 0 Å². The average molecular weight is 267 g/mol. The Labute approximate surface area is 108 Å². The van der Waals surface area contributed by atoms with Gasteiger partial charge in [0.25, 0.3) is 0 Å². The van der Waals surface area contributed by atoms with Crippen LogP contribution in [0.3, 0.4) is 0 Å². The quantitative estimate of drug-likeness (QED) is 0.923. The molecule has 2 nitrogen and oxygen atoms in total. The Morgan fingerprint density at radius 2 is 1.74 bits per heavy atom. The van der Waals surface area contributed by atoms with Gasteiger partial charge in [0.15, 0.2) is 11.6 Å². The summed E-state index contributed by atoms with van der Waals surface area (Å²) in [6.07, 6.45) is 0. The summed E-state index contributed by atoms with van der Waals surface area (Å²) in [5.74, 6) is -1.80. The second-order valence-corrected chi connectivity index (χ2v) is 3.96. The maximum Gasteiger partial charge on any atom is 0.165 e. The number of para-hydroxylation sites is 1. The van der Waals surface area contributed by atoms with Gasteiger partial charge < -0.3 is 10.5 Å². The smallest absolute Gasteiger partial charge is 0.165 e. The van der Waals surface area contributed by atoms with E-state index in [2.05, 4.69) is 0 Å². The van der Waals surface area contributed by atoms with Gasteiger partial charge in [0, 0.05) is 17.7 Å². The van der Waals surface area contributed by atoms with Gasteiger partial charge in [0.05, 0.1) is 0 Å². The van der Waals surface area contributed by atoms with Crippen LogP contribution in [0.4, 0.5) is 13.2 Å². The summed E-state index contributed by atoms with van der Waals surface area (Å²) in [5.41, 5.74) is 5.95. The minimum absolute atomic E-state index is 0.0197. The van der Waals surface area contributed by atoms with Crippen LogP contribution >= 0.6 is 0 Å². The molecule has 2 aromatic carbocycles. The number of halogens is 3. The van der Waals surface area contributed by atoms with Gasteiger partial charge in [-0.05, 0) is 24.3 Å². The van der Waals surface area contributed by atoms with E-state index in [0.29, 0.717) is 5.56 Å². The normalized spacial score (nSPS) is 10.5. The maximum absolute atomic E-state index is 13.6. The van der Waals surface area contributed by atoms with E-state index < -0.39 is 17.5 Å². The van der Waals surface area contributed by atoms with Crippen molar-refractivity contribution in [2.45, 2.75) is 13.2 Å². The molecule has 2 rings (SSSR count). The van der Waals surface area contributed by atoms with Gasteiger partial charge in [-0.1, -0.05) is 12.1 Å². The van der Waals surface area contributed by atoms with Crippen molar-refractivity contribution in [3.05, 3.63) is 65.0 Å². The number of hydrogen-bond acceptors (Lipinski definition) is 2. The number of rotatable bonds is 4. The molecule has 0 heterocycles. The molecule has 0 saturated heterocycles. The molecule has 0 fully saturated rings. The first-order chi connectivity index (χ1) is 9.11. The third-order valence-corrected chi connectivity index (χ3v) is 2.65. The van der Waals surface area contributed by atoms with Crippen LogP contribution in [0.1, 0.15) is 11.1 Å². The van der Waals surface area contributed by atoms with Gasteiger partial charge >= 0.3 is 0 Å². The Balaban J connectivity index is 2.21. The Hall–Kier alpha value is -2.01. The summed E-state index contributed by atoms with van der Waals surface area (Å²) in [6, 6.07) is 7.36. The number of hydrogen-bond donors (Lipinski definition) is 1. The molecular weight excluding hydrogens is 255 g/mol. The van der Waals surface area contributed by atoms with Crippen LogP contribution in [0.25, 0.3) is 0 Å². The lowest BCUT2D eigenvalue weighted by molar-refractivity contribution is 0.281. The van der Waals surface area contributed by atoms with Crippen LogP contribution in [0.15, 0.2) is 36.4 Å². The fraction of sp³-hybridized carbons (Fsp3) is 0.143. The summed E-state index contributed by atoms with van der Waals surface area (Å²) >= 11 is 0. The molecule has 0 aliphatic carbocycles. The van der Waals surface area contributed by atoms with Crippen LogP contribution < -0.4 is 10.5 Å². The second-order valence-electron chi connectivity index (χ2n) is 3.96. The predicted molar refractivity (Wildman–Crippen MR) is 65.0 cm³/mol. The second kappa shape index (κ2) is 5.75. The highest BCUT2D eigenvalue weighted by Crippen LogP contribution is 2.24. The van der Waals surface area contributed by atoms with E-state index >= 15 is 0 Å². The molecule has 0 radical (unpaired) electrons. The molecule has 0 aliphatic rings. The zero-order chi connectivity index (χ0) is 13.8. The minimum Gasteiger partial charge on any atom is -0.485 e. The van der Waals surface area contributed by atoms with Crippen molar-refractivity contribution in [3.63, 3.8) is 0 Å². The number of ether oxygens (including phenoxy) is 1. The van der Waals surface area contributed by atoms with Crippen LogP contribution in [-0.4, -0.2) is 0 Å². The molecule has 0 aromatic heterocycles. The van der Waals surface area contributed by atoms with Gasteiger partial charge in [0.1, 0.15) is 18.2 Å². The predicted octanol–water partition coefficient (Wildman–Crippen LogP) is 3.14. The van der Waals surface area contributed by atoms with Crippen molar-refractivity contribution in [2.24, 2.45) is 5.73 Å². The van der Waals surface area contributed by atoms with Gasteiger partial charge in [-0.3, -0.25) is 0 Å². The highest BCUT2D eigenvalue weighted by Gasteiger charge is 2.11. The lowest BCUT2D eigenvalue weighted by Gasteiger charge is -2.11. The van der Waals surface area contributed by atoms with E-state index in [-0.39, 0.29) is 24.5 Å². The van der Waals surface area contributed by atoms with E-state index in [1.54, 1.807) is 6.07 Å². The van der Waals surface area contributed by atoms with Crippen LogP contribution in [-0.2, 0) is 13.2 Å². The molecule has 100 valence electrons. The van der Waals surface area contributed by atoms with E-state index in [1.807, 2.05) is 0 Å². The van der Waals surface area contributed by atoms with Crippen molar-refractivity contribution in [1.82, 2.24) is 0 Å². The monoisotopic (exact) mass is 267 g/mol. The highest BCUT2D eigenvalue weighted by molar-refractivity contribution is 5.35. The molecule has 0 unspecified atom stereocenters. The van der Waals surface area contributed by atoms with E-state index in [9.17, 15) is 13.2 Å². The van der Waals surface area contributed by atoms with Crippen LogP contribution in [0, 0.1) is 17.5 Å². The summed E-state index contributed by atoms with van der Waals surface area (Å²) in [7, 11) is 0. The topological polar surface area (TPSA) is 35.2 Å². The molecular formula is C14H12F3NO. The molecule has 0 atom stereocenters. The maximum atomic E-state index is 13.6. The first-order valence-electron chi connectivity index (χ1n) is 5.66. The number of nitrogens with two attached hydrogens (primary N) is 1. The third-order valence-electron chi connectivity index (χ3n) is 2.65. The molecule has 2 aromatic rings. The molecule has 0 spiro atoms. The summed E-state index contributed by atoms with van der Waals surface area (Å²) in [4.78, 5) is 0. The van der Waals surface area contributed by atoms with Gasteiger partial charge in [-0.25, -0.2) is 13.2 Å². The minimum atomic E-state index is -0.605. The Morgan fingerprint density at radius 3 is 2.47 bits per heavy atom.